The highest BCUT2D eigenvalue weighted by Gasteiger charge is 2.22. The second-order valence-corrected chi connectivity index (χ2v) is 5.23. The Morgan fingerprint density at radius 2 is 2.00 bits per heavy atom. The Balaban J connectivity index is 1.64. The van der Waals surface area contributed by atoms with E-state index in [0.717, 1.165) is 13.0 Å². The van der Waals surface area contributed by atoms with Crippen molar-refractivity contribution < 1.29 is 14.0 Å². The molecule has 1 saturated heterocycles. The maximum atomic E-state index is 12.1. The lowest BCUT2D eigenvalue weighted by Crippen LogP contribution is -2.24. The molecule has 2 amide bonds. The van der Waals surface area contributed by atoms with Crippen molar-refractivity contribution in [1.29, 1.82) is 0 Å². The van der Waals surface area contributed by atoms with Gasteiger partial charge in [0.1, 0.15) is 6.26 Å². The zero-order valence-corrected chi connectivity index (χ0v) is 12.0. The molecular formula is C16H17N3O3. The topological polar surface area (TPSA) is 83.4 Å². The molecule has 0 radical (unpaired) electrons. The van der Waals surface area contributed by atoms with Crippen LogP contribution < -0.4 is 16.0 Å². The predicted molar refractivity (Wildman–Crippen MR) is 82.7 cm³/mol. The second kappa shape index (κ2) is 6.44. The first-order chi connectivity index (χ1) is 10.7. The van der Waals surface area contributed by atoms with Gasteiger partial charge in [0.2, 0.25) is 5.91 Å². The third kappa shape index (κ3) is 3.35. The van der Waals surface area contributed by atoms with Crippen molar-refractivity contribution in [2.75, 3.05) is 23.7 Å². The van der Waals surface area contributed by atoms with Gasteiger partial charge in [-0.2, -0.15) is 0 Å². The van der Waals surface area contributed by atoms with Gasteiger partial charge >= 0.3 is 0 Å². The summed E-state index contributed by atoms with van der Waals surface area (Å²) in [6, 6.07) is 8.68. The number of nitrogens with one attached hydrogen (secondary N) is 3. The quantitative estimate of drug-likeness (QED) is 0.807. The molecule has 6 heteroatoms. The first-order valence-corrected chi connectivity index (χ1v) is 7.17. The van der Waals surface area contributed by atoms with E-state index in [0.29, 0.717) is 23.5 Å². The third-order valence-electron chi connectivity index (χ3n) is 3.60. The molecule has 1 aliphatic rings. The lowest BCUT2D eigenvalue weighted by molar-refractivity contribution is -0.119. The van der Waals surface area contributed by atoms with Crippen LogP contribution in [0.15, 0.2) is 47.3 Å². The van der Waals surface area contributed by atoms with E-state index >= 15 is 0 Å². The Morgan fingerprint density at radius 1 is 1.18 bits per heavy atom. The Kier molecular flexibility index (Phi) is 4.20. The fraction of sp³-hybridized carbons (Fsp3) is 0.250. The summed E-state index contributed by atoms with van der Waals surface area (Å²) in [5, 5.41) is 8.81. The van der Waals surface area contributed by atoms with Gasteiger partial charge in [0.15, 0.2) is 0 Å². The van der Waals surface area contributed by atoms with Crippen LogP contribution in [0.4, 0.5) is 11.4 Å². The van der Waals surface area contributed by atoms with Gasteiger partial charge in [-0.25, -0.2) is 0 Å². The van der Waals surface area contributed by atoms with Crippen LogP contribution in [-0.4, -0.2) is 24.9 Å². The van der Waals surface area contributed by atoms with Crippen LogP contribution >= 0.6 is 0 Å². The van der Waals surface area contributed by atoms with Crippen LogP contribution in [0.5, 0.6) is 0 Å². The van der Waals surface area contributed by atoms with E-state index in [9.17, 15) is 9.59 Å². The molecule has 1 atom stereocenters. The normalized spacial score (nSPS) is 17.2. The molecule has 6 nitrogen and oxygen atoms in total. The first kappa shape index (κ1) is 14.3. The maximum Gasteiger partial charge on any atom is 0.258 e. The van der Waals surface area contributed by atoms with Crippen molar-refractivity contribution in [3.63, 3.8) is 0 Å². The fourth-order valence-corrected chi connectivity index (χ4v) is 2.39. The molecule has 0 bridgehead atoms. The third-order valence-corrected chi connectivity index (χ3v) is 3.60. The standard InChI is InChI=1S/C16H17N3O3/c20-15(11-4-6-17-9-11)18-13-2-1-3-14(8-13)19-16(21)12-5-7-22-10-12/h1-3,5,7-8,10-11,17H,4,6,9H2,(H,18,20)(H,19,21). The highest BCUT2D eigenvalue weighted by atomic mass is 16.3. The smallest absolute Gasteiger partial charge is 0.258 e. The molecule has 114 valence electrons. The van der Waals surface area contributed by atoms with Gasteiger partial charge in [-0.3, -0.25) is 9.59 Å². The molecule has 0 spiro atoms. The maximum absolute atomic E-state index is 12.1. The number of hydrogen-bond acceptors (Lipinski definition) is 4. The summed E-state index contributed by atoms with van der Waals surface area (Å²) in [5.41, 5.74) is 1.74. The average molecular weight is 299 g/mol. The van der Waals surface area contributed by atoms with Crippen molar-refractivity contribution in [3.05, 3.63) is 48.4 Å². The van der Waals surface area contributed by atoms with E-state index < -0.39 is 0 Å². The van der Waals surface area contributed by atoms with E-state index in [1.807, 2.05) is 0 Å². The zero-order valence-electron chi connectivity index (χ0n) is 12.0. The fourth-order valence-electron chi connectivity index (χ4n) is 2.39. The molecule has 1 aromatic heterocycles. The van der Waals surface area contributed by atoms with E-state index in [-0.39, 0.29) is 17.7 Å². The molecule has 2 heterocycles. The number of hydrogen-bond donors (Lipinski definition) is 3. The number of anilines is 2. The summed E-state index contributed by atoms with van der Waals surface area (Å²) in [4.78, 5) is 24.0. The van der Waals surface area contributed by atoms with Gasteiger partial charge in [-0.15, -0.1) is 0 Å². The molecule has 1 unspecified atom stereocenters. The SMILES string of the molecule is O=C(Nc1cccc(NC(=O)C2CCNC2)c1)c1ccoc1. The molecule has 22 heavy (non-hydrogen) atoms. The van der Waals surface area contributed by atoms with E-state index in [2.05, 4.69) is 16.0 Å². The van der Waals surface area contributed by atoms with Crippen molar-refractivity contribution in [2.45, 2.75) is 6.42 Å². The summed E-state index contributed by atoms with van der Waals surface area (Å²) in [7, 11) is 0. The highest BCUT2D eigenvalue weighted by molar-refractivity contribution is 6.04. The molecule has 1 aliphatic heterocycles. The lowest BCUT2D eigenvalue weighted by Gasteiger charge is -2.11. The number of benzene rings is 1. The second-order valence-electron chi connectivity index (χ2n) is 5.23. The first-order valence-electron chi connectivity index (χ1n) is 7.17. The van der Waals surface area contributed by atoms with E-state index in [1.165, 1.54) is 12.5 Å². The zero-order chi connectivity index (χ0) is 15.4. The molecule has 3 rings (SSSR count). The largest absolute Gasteiger partial charge is 0.472 e. The number of carbonyl (C=O) groups is 2. The number of amides is 2. The van der Waals surface area contributed by atoms with Crippen molar-refractivity contribution >= 4 is 23.2 Å². The highest BCUT2D eigenvalue weighted by Crippen LogP contribution is 2.18. The van der Waals surface area contributed by atoms with Crippen LogP contribution in [0.3, 0.4) is 0 Å². The van der Waals surface area contributed by atoms with Crippen LogP contribution in [0, 0.1) is 5.92 Å². The van der Waals surface area contributed by atoms with E-state index in [1.54, 1.807) is 30.3 Å². The van der Waals surface area contributed by atoms with Gasteiger partial charge in [0.05, 0.1) is 17.7 Å². The molecule has 1 fully saturated rings. The summed E-state index contributed by atoms with van der Waals surface area (Å²) >= 11 is 0. The summed E-state index contributed by atoms with van der Waals surface area (Å²) in [6.45, 7) is 1.58. The summed E-state index contributed by atoms with van der Waals surface area (Å²) in [5.74, 6) is -0.246. The summed E-state index contributed by atoms with van der Waals surface area (Å²) < 4.78 is 4.88. The van der Waals surface area contributed by atoms with Crippen molar-refractivity contribution in [3.8, 4) is 0 Å². The minimum atomic E-state index is -0.253. The minimum Gasteiger partial charge on any atom is -0.472 e. The van der Waals surface area contributed by atoms with Crippen molar-refractivity contribution in [1.82, 2.24) is 5.32 Å². The van der Waals surface area contributed by atoms with Crippen LogP contribution in [-0.2, 0) is 4.79 Å². The Bertz CT molecular complexity index is 661. The molecule has 0 saturated carbocycles. The van der Waals surface area contributed by atoms with Crippen LogP contribution in [0.2, 0.25) is 0 Å². The van der Waals surface area contributed by atoms with Gasteiger partial charge in [0.25, 0.3) is 5.91 Å². The molecule has 3 N–H and O–H groups in total. The molecule has 2 aromatic rings. The Hall–Kier alpha value is -2.60. The van der Waals surface area contributed by atoms with Gasteiger partial charge in [-0.05, 0) is 37.2 Å². The Morgan fingerprint density at radius 3 is 2.68 bits per heavy atom. The van der Waals surface area contributed by atoms with E-state index in [4.69, 9.17) is 4.42 Å². The van der Waals surface area contributed by atoms with Gasteiger partial charge in [-0.1, -0.05) is 6.07 Å². The monoisotopic (exact) mass is 299 g/mol. The predicted octanol–water partition coefficient (Wildman–Crippen LogP) is 2.08. The Labute approximate surface area is 127 Å². The lowest BCUT2D eigenvalue weighted by atomic mass is 10.1. The number of carbonyl (C=O) groups excluding carboxylic acids is 2. The average Bonchev–Trinajstić information content (AvgIpc) is 3.21. The summed E-state index contributed by atoms with van der Waals surface area (Å²) in [6.07, 6.45) is 3.68. The van der Waals surface area contributed by atoms with Crippen molar-refractivity contribution in [2.24, 2.45) is 5.92 Å². The minimum absolute atomic E-state index is 0.00307. The van der Waals surface area contributed by atoms with Crippen LogP contribution in [0.1, 0.15) is 16.8 Å². The van der Waals surface area contributed by atoms with Gasteiger partial charge in [0, 0.05) is 17.9 Å². The number of rotatable bonds is 4. The molecule has 1 aromatic carbocycles. The van der Waals surface area contributed by atoms with Gasteiger partial charge < -0.3 is 20.4 Å². The van der Waals surface area contributed by atoms with Crippen LogP contribution in [0.25, 0.3) is 0 Å². The number of furan rings is 1. The molecule has 0 aliphatic carbocycles. The molecular weight excluding hydrogens is 282 g/mol.